The van der Waals surface area contributed by atoms with Crippen LogP contribution in [0.3, 0.4) is 0 Å². The van der Waals surface area contributed by atoms with Crippen LogP contribution in [0.1, 0.15) is 45.4 Å². The molecule has 0 saturated carbocycles. The Hall–Kier alpha value is -0.430. The van der Waals surface area contributed by atoms with E-state index in [4.69, 9.17) is 0 Å². The fraction of sp³-hybridized carbons (Fsp3) is 0.714. The Morgan fingerprint density at radius 3 is 2.40 bits per heavy atom. The molecule has 0 spiro atoms. The van der Waals surface area contributed by atoms with Crippen molar-refractivity contribution >= 4 is 21.4 Å². The summed E-state index contributed by atoms with van der Waals surface area (Å²) in [5.74, 6) is 0. The van der Waals surface area contributed by atoms with E-state index in [2.05, 4.69) is 23.9 Å². The zero-order chi connectivity index (χ0) is 15.2. The summed E-state index contributed by atoms with van der Waals surface area (Å²) in [5.41, 5.74) is 0. The fourth-order valence-corrected chi connectivity index (χ4v) is 4.63. The molecule has 0 fully saturated rings. The smallest absolute Gasteiger partial charge is 0.250 e. The summed E-state index contributed by atoms with van der Waals surface area (Å²) in [4.78, 5) is 1.10. The van der Waals surface area contributed by atoms with Gasteiger partial charge in [0.15, 0.2) is 0 Å². The Bertz CT molecular complexity index is 491. The highest BCUT2D eigenvalue weighted by Gasteiger charge is 2.19. The maximum absolute atomic E-state index is 12.2. The second-order valence-corrected chi connectivity index (χ2v) is 8.32. The highest BCUT2D eigenvalue weighted by atomic mass is 32.2. The van der Waals surface area contributed by atoms with Crippen molar-refractivity contribution in [1.29, 1.82) is 0 Å². The Morgan fingerprint density at radius 2 is 1.85 bits per heavy atom. The predicted molar refractivity (Wildman–Crippen MR) is 85.9 cm³/mol. The standard InChI is InChI=1S/C14H26N2O2S2/c1-5-12(6-2)16-20(17,18)14-8-7-13(19-14)9-10-15-11(3)4/h7-8,11-12,15-16H,5-6,9-10H2,1-4H3. The van der Waals surface area contributed by atoms with Gasteiger partial charge in [0, 0.05) is 23.5 Å². The molecule has 0 aliphatic carbocycles. The van der Waals surface area contributed by atoms with Gasteiger partial charge >= 0.3 is 0 Å². The van der Waals surface area contributed by atoms with Crippen molar-refractivity contribution in [2.45, 2.75) is 63.3 Å². The summed E-state index contributed by atoms with van der Waals surface area (Å²) in [5, 5.41) is 3.33. The monoisotopic (exact) mass is 318 g/mol. The van der Waals surface area contributed by atoms with E-state index in [0.717, 1.165) is 30.7 Å². The maximum Gasteiger partial charge on any atom is 0.250 e. The molecule has 0 bridgehead atoms. The lowest BCUT2D eigenvalue weighted by Gasteiger charge is -2.13. The molecule has 0 unspecified atom stereocenters. The van der Waals surface area contributed by atoms with Gasteiger partial charge in [-0.15, -0.1) is 11.3 Å². The average molecular weight is 319 g/mol. The topological polar surface area (TPSA) is 58.2 Å². The maximum atomic E-state index is 12.2. The molecule has 0 amide bonds. The van der Waals surface area contributed by atoms with E-state index in [1.165, 1.54) is 11.3 Å². The van der Waals surface area contributed by atoms with E-state index in [1.54, 1.807) is 6.07 Å². The molecule has 116 valence electrons. The minimum atomic E-state index is -3.36. The Morgan fingerprint density at radius 1 is 1.20 bits per heavy atom. The number of thiophene rings is 1. The summed E-state index contributed by atoms with van der Waals surface area (Å²) in [6.45, 7) is 9.06. The summed E-state index contributed by atoms with van der Waals surface area (Å²) in [7, 11) is -3.36. The summed E-state index contributed by atoms with van der Waals surface area (Å²) in [6.07, 6.45) is 2.49. The van der Waals surface area contributed by atoms with E-state index in [0.29, 0.717) is 10.3 Å². The summed E-state index contributed by atoms with van der Waals surface area (Å²) in [6, 6.07) is 4.09. The van der Waals surface area contributed by atoms with Gasteiger partial charge in [-0.2, -0.15) is 0 Å². The largest absolute Gasteiger partial charge is 0.314 e. The molecule has 1 aromatic rings. The lowest BCUT2D eigenvalue weighted by molar-refractivity contribution is 0.531. The number of nitrogens with one attached hydrogen (secondary N) is 2. The first kappa shape index (κ1) is 17.6. The quantitative estimate of drug-likeness (QED) is 0.736. The van der Waals surface area contributed by atoms with Crippen molar-refractivity contribution in [2.75, 3.05) is 6.54 Å². The van der Waals surface area contributed by atoms with E-state index in [1.807, 2.05) is 19.9 Å². The third-order valence-electron chi connectivity index (χ3n) is 3.13. The van der Waals surface area contributed by atoms with Crippen LogP contribution >= 0.6 is 11.3 Å². The molecule has 0 saturated heterocycles. The van der Waals surface area contributed by atoms with Crippen LogP contribution in [0.25, 0.3) is 0 Å². The second-order valence-electron chi connectivity index (χ2n) is 5.21. The van der Waals surface area contributed by atoms with Crippen LogP contribution in [0.15, 0.2) is 16.3 Å². The van der Waals surface area contributed by atoms with Gasteiger partial charge in [0.2, 0.25) is 10.0 Å². The first-order chi connectivity index (χ1) is 9.39. The molecule has 0 aromatic carbocycles. The Labute approximate surface area is 127 Å². The Balaban J connectivity index is 2.65. The molecular formula is C14H26N2O2S2. The van der Waals surface area contributed by atoms with Crippen LogP contribution < -0.4 is 10.0 Å². The average Bonchev–Trinajstić information content (AvgIpc) is 2.85. The molecule has 2 N–H and O–H groups in total. The van der Waals surface area contributed by atoms with E-state index < -0.39 is 10.0 Å². The highest BCUT2D eigenvalue weighted by Crippen LogP contribution is 2.22. The number of hydrogen-bond acceptors (Lipinski definition) is 4. The molecule has 4 nitrogen and oxygen atoms in total. The molecular weight excluding hydrogens is 292 g/mol. The Kier molecular flexibility index (Phi) is 7.15. The molecule has 1 aromatic heterocycles. The van der Waals surface area contributed by atoms with Gasteiger partial charge in [-0.1, -0.05) is 27.7 Å². The molecule has 6 heteroatoms. The number of sulfonamides is 1. The van der Waals surface area contributed by atoms with E-state index >= 15 is 0 Å². The third kappa shape index (κ3) is 5.52. The van der Waals surface area contributed by atoms with Crippen molar-refractivity contribution < 1.29 is 8.42 Å². The molecule has 0 atom stereocenters. The fourth-order valence-electron chi connectivity index (χ4n) is 1.85. The van der Waals surface area contributed by atoms with E-state index in [9.17, 15) is 8.42 Å². The molecule has 1 rings (SSSR count). The second kappa shape index (κ2) is 8.12. The minimum Gasteiger partial charge on any atom is -0.314 e. The van der Waals surface area contributed by atoms with Gasteiger partial charge in [-0.05, 0) is 31.4 Å². The van der Waals surface area contributed by atoms with Crippen LogP contribution in [0, 0.1) is 0 Å². The minimum absolute atomic E-state index is 0.0214. The van der Waals surface area contributed by atoms with Crippen molar-refractivity contribution in [3.63, 3.8) is 0 Å². The SMILES string of the molecule is CCC(CC)NS(=O)(=O)c1ccc(CCNC(C)C)s1. The number of rotatable bonds is 9. The number of hydrogen-bond donors (Lipinski definition) is 2. The van der Waals surface area contributed by atoms with Crippen LogP contribution in [-0.4, -0.2) is 27.0 Å². The predicted octanol–water partition coefficient (Wildman–Crippen LogP) is 2.76. The first-order valence-corrected chi connectivity index (χ1v) is 9.53. The van der Waals surface area contributed by atoms with Gasteiger partial charge in [0.25, 0.3) is 0 Å². The lowest BCUT2D eigenvalue weighted by Crippen LogP contribution is -2.33. The van der Waals surface area contributed by atoms with Gasteiger partial charge in [-0.3, -0.25) is 0 Å². The molecule has 1 heterocycles. The van der Waals surface area contributed by atoms with Crippen LogP contribution in [0.2, 0.25) is 0 Å². The van der Waals surface area contributed by atoms with Crippen molar-refractivity contribution in [3.05, 3.63) is 17.0 Å². The lowest BCUT2D eigenvalue weighted by atomic mass is 10.2. The molecule has 0 aliphatic heterocycles. The van der Waals surface area contributed by atoms with Gasteiger partial charge in [0.05, 0.1) is 0 Å². The normalized spacial score (nSPS) is 12.5. The van der Waals surface area contributed by atoms with Crippen LogP contribution in [-0.2, 0) is 16.4 Å². The highest BCUT2D eigenvalue weighted by molar-refractivity contribution is 7.91. The van der Waals surface area contributed by atoms with E-state index in [-0.39, 0.29) is 6.04 Å². The molecule has 0 aliphatic rings. The third-order valence-corrected chi connectivity index (χ3v) is 6.29. The zero-order valence-corrected chi connectivity index (χ0v) is 14.4. The summed E-state index contributed by atoms with van der Waals surface area (Å²) < 4.78 is 27.7. The first-order valence-electron chi connectivity index (χ1n) is 7.23. The van der Waals surface area contributed by atoms with Crippen molar-refractivity contribution in [3.8, 4) is 0 Å². The van der Waals surface area contributed by atoms with Crippen molar-refractivity contribution in [1.82, 2.24) is 10.0 Å². The molecule has 0 radical (unpaired) electrons. The van der Waals surface area contributed by atoms with Gasteiger partial charge < -0.3 is 5.32 Å². The summed E-state index contributed by atoms with van der Waals surface area (Å²) >= 11 is 1.36. The van der Waals surface area contributed by atoms with Gasteiger partial charge in [0.1, 0.15) is 4.21 Å². The van der Waals surface area contributed by atoms with Crippen LogP contribution in [0.5, 0.6) is 0 Å². The van der Waals surface area contributed by atoms with Gasteiger partial charge in [-0.25, -0.2) is 13.1 Å². The molecule has 20 heavy (non-hydrogen) atoms. The van der Waals surface area contributed by atoms with Crippen molar-refractivity contribution in [2.24, 2.45) is 0 Å². The van der Waals surface area contributed by atoms with Crippen LogP contribution in [0.4, 0.5) is 0 Å². The zero-order valence-electron chi connectivity index (χ0n) is 12.8.